The fourth-order valence-corrected chi connectivity index (χ4v) is 2.75. The van der Waals surface area contributed by atoms with Gasteiger partial charge in [-0.05, 0) is 35.2 Å². The maximum Gasteiger partial charge on any atom is 0.0439 e. The highest BCUT2D eigenvalue weighted by molar-refractivity contribution is 7.99. The van der Waals surface area contributed by atoms with Gasteiger partial charge < -0.3 is 10.8 Å². The highest BCUT2D eigenvalue weighted by Gasteiger charge is 2.00. The lowest BCUT2D eigenvalue weighted by Crippen LogP contribution is -1.95. The standard InChI is InChI=1S/C16H19NOS/c17-12-13-5-7-14(8-6-13)15-3-1-4-16(11-15)19-10-2-9-18/h1,3-8,11,18H,2,9-10,12,17H2. The minimum absolute atomic E-state index is 0.257. The Morgan fingerprint density at radius 3 is 2.47 bits per heavy atom. The summed E-state index contributed by atoms with van der Waals surface area (Å²) in [5, 5.41) is 8.80. The molecule has 3 N–H and O–H groups in total. The van der Waals surface area contributed by atoms with E-state index in [1.165, 1.54) is 16.0 Å². The molecule has 0 spiro atoms. The molecule has 0 saturated heterocycles. The molecule has 0 atom stereocenters. The van der Waals surface area contributed by atoms with Crippen molar-refractivity contribution in [1.29, 1.82) is 0 Å². The molecule has 0 saturated carbocycles. The largest absolute Gasteiger partial charge is 0.396 e. The first-order valence-corrected chi connectivity index (χ1v) is 7.45. The summed E-state index contributed by atoms with van der Waals surface area (Å²) in [7, 11) is 0. The fourth-order valence-electron chi connectivity index (χ4n) is 1.85. The van der Waals surface area contributed by atoms with Crippen LogP contribution in [-0.4, -0.2) is 17.5 Å². The van der Waals surface area contributed by atoms with Crippen molar-refractivity contribution in [2.24, 2.45) is 5.73 Å². The molecular weight excluding hydrogens is 254 g/mol. The second-order valence-electron chi connectivity index (χ2n) is 4.35. The van der Waals surface area contributed by atoms with Crippen LogP contribution in [0.3, 0.4) is 0 Å². The number of aliphatic hydroxyl groups is 1. The van der Waals surface area contributed by atoms with Crippen molar-refractivity contribution in [3.8, 4) is 11.1 Å². The Morgan fingerprint density at radius 2 is 1.79 bits per heavy atom. The highest BCUT2D eigenvalue weighted by Crippen LogP contribution is 2.26. The molecule has 100 valence electrons. The van der Waals surface area contributed by atoms with Crippen LogP contribution in [0.25, 0.3) is 11.1 Å². The van der Waals surface area contributed by atoms with Gasteiger partial charge in [-0.2, -0.15) is 0 Å². The minimum Gasteiger partial charge on any atom is -0.396 e. The van der Waals surface area contributed by atoms with Crippen molar-refractivity contribution >= 4 is 11.8 Å². The molecule has 0 radical (unpaired) electrons. The maximum absolute atomic E-state index is 8.80. The molecular formula is C16H19NOS. The molecule has 0 aliphatic rings. The SMILES string of the molecule is NCc1ccc(-c2cccc(SCCCO)c2)cc1. The van der Waals surface area contributed by atoms with Crippen LogP contribution in [0.1, 0.15) is 12.0 Å². The molecule has 0 heterocycles. The van der Waals surface area contributed by atoms with Crippen molar-refractivity contribution < 1.29 is 5.11 Å². The van der Waals surface area contributed by atoms with E-state index >= 15 is 0 Å². The van der Waals surface area contributed by atoms with Gasteiger partial charge in [-0.25, -0.2) is 0 Å². The first-order chi connectivity index (χ1) is 9.33. The third-order valence-corrected chi connectivity index (χ3v) is 4.01. The summed E-state index contributed by atoms with van der Waals surface area (Å²) in [6, 6.07) is 16.9. The molecule has 19 heavy (non-hydrogen) atoms. The maximum atomic E-state index is 8.80. The summed E-state index contributed by atoms with van der Waals surface area (Å²) in [6.45, 7) is 0.838. The molecule has 2 rings (SSSR count). The zero-order valence-electron chi connectivity index (χ0n) is 10.9. The minimum atomic E-state index is 0.257. The summed E-state index contributed by atoms with van der Waals surface area (Å²) in [4.78, 5) is 1.24. The Kier molecular flexibility index (Phi) is 5.45. The monoisotopic (exact) mass is 273 g/mol. The van der Waals surface area contributed by atoms with Crippen molar-refractivity contribution in [2.75, 3.05) is 12.4 Å². The lowest BCUT2D eigenvalue weighted by Gasteiger charge is -2.06. The van der Waals surface area contributed by atoms with Crippen molar-refractivity contribution in [3.05, 3.63) is 54.1 Å². The lowest BCUT2D eigenvalue weighted by molar-refractivity contribution is 0.296. The van der Waals surface area contributed by atoms with Crippen LogP contribution in [0, 0.1) is 0 Å². The van der Waals surface area contributed by atoms with E-state index in [-0.39, 0.29) is 6.61 Å². The van der Waals surface area contributed by atoms with Crippen LogP contribution in [0.2, 0.25) is 0 Å². The molecule has 3 heteroatoms. The zero-order chi connectivity index (χ0) is 13.5. The Labute approximate surface area is 118 Å². The van der Waals surface area contributed by atoms with Crippen LogP contribution in [0.4, 0.5) is 0 Å². The Balaban J connectivity index is 2.12. The highest BCUT2D eigenvalue weighted by atomic mass is 32.2. The van der Waals surface area contributed by atoms with E-state index in [0.717, 1.165) is 17.7 Å². The average Bonchev–Trinajstić information content (AvgIpc) is 2.48. The third-order valence-electron chi connectivity index (χ3n) is 2.93. The molecule has 0 amide bonds. The van der Waals surface area contributed by atoms with Gasteiger partial charge in [0.1, 0.15) is 0 Å². The van der Waals surface area contributed by atoms with E-state index in [9.17, 15) is 0 Å². The number of benzene rings is 2. The van der Waals surface area contributed by atoms with Crippen molar-refractivity contribution in [1.82, 2.24) is 0 Å². The van der Waals surface area contributed by atoms with Crippen LogP contribution in [0.15, 0.2) is 53.4 Å². The fraction of sp³-hybridized carbons (Fsp3) is 0.250. The molecule has 0 aromatic heterocycles. The first-order valence-electron chi connectivity index (χ1n) is 6.46. The normalized spacial score (nSPS) is 10.6. The van der Waals surface area contributed by atoms with Crippen LogP contribution in [-0.2, 0) is 6.54 Å². The summed E-state index contributed by atoms with van der Waals surface area (Å²) >= 11 is 1.78. The van der Waals surface area contributed by atoms with Crippen molar-refractivity contribution in [2.45, 2.75) is 17.9 Å². The number of hydrogen-bond acceptors (Lipinski definition) is 3. The average molecular weight is 273 g/mol. The van der Waals surface area contributed by atoms with Gasteiger partial charge in [-0.15, -0.1) is 11.8 Å². The van der Waals surface area contributed by atoms with Crippen LogP contribution in [0.5, 0.6) is 0 Å². The number of rotatable bonds is 6. The third kappa shape index (κ3) is 4.10. The predicted octanol–water partition coefficient (Wildman–Crippen LogP) is 3.29. The van der Waals surface area contributed by atoms with E-state index in [4.69, 9.17) is 10.8 Å². The Hall–Kier alpha value is -1.29. The molecule has 2 aromatic carbocycles. The second-order valence-corrected chi connectivity index (χ2v) is 5.52. The molecule has 0 aliphatic carbocycles. The topological polar surface area (TPSA) is 46.2 Å². The number of nitrogens with two attached hydrogens (primary N) is 1. The van der Waals surface area contributed by atoms with E-state index in [0.29, 0.717) is 6.54 Å². The summed E-state index contributed by atoms with van der Waals surface area (Å²) in [5.74, 6) is 0.950. The van der Waals surface area contributed by atoms with Crippen molar-refractivity contribution in [3.63, 3.8) is 0 Å². The molecule has 0 bridgehead atoms. The van der Waals surface area contributed by atoms with Gasteiger partial charge in [0.25, 0.3) is 0 Å². The Morgan fingerprint density at radius 1 is 1.00 bits per heavy atom. The molecule has 2 aromatic rings. The lowest BCUT2D eigenvalue weighted by atomic mass is 10.0. The van der Waals surface area contributed by atoms with Crippen LogP contribution >= 0.6 is 11.8 Å². The molecule has 2 nitrogen and oxygen atoms in total. The summed E-state index contributed by atoms with van der Waals surface area (Å²) < 4.78 is 0. The summed E-state index contributed by atoms with van der Waals surface area (Å²) in [5.41, 5.74) is 9.19. The van der Waals surface area contributed by atoms with E-state index in [2.05, 4.69) is 48.5 Å². The van der Waals surface area contributed by atoms with Gasteiger partial charge in [-0.3, -0.25) is 0 Å². The van der Waals surface area contributed by atoms with E-state index in [1.807, 2.05) is 0 Å². The first kappa shape index (κ1) is 14.1. The quantitative estimate of drug-likeness (QED) is 0.627. The number of thioether (sulfide) groups is 1. The van der Waals surface area contributed by atoms with Gasteiger partial charge in [0.05, 0.1) is 0 Å². The summed E-state index contributed by atoms with van der Waals surface area (Å²) in [6.07, 6.45) is 0.833. The molecule has 0 aliphatic heterocycles. The Bertz CT molecular complexity index is 510. The number of hydrogen-bond donors (Lipinski definition) is 2. The molecule has 0 unspecified atom stereocenters. The number of aliphatic hydroxyl groups excluding tert-OH is 1. The van der Waals surface area contributed by atoms with E-state index in [1.54, 1.807) is 11.8 Å². The van der Waals surface area contributed by atoms with Gasteiger partial charge in [0.2, 0.25) is 0 Å². The predicted molar refractivity (Wildman–Crippen MR) is 82.2 cm³/mol. The smallest absolute Gasteiger partial charge is 0.0439 e. The second kappa shape index (κ2) is 7.34. The van der Waals surface area contributed by atoms with Gasteiger partial charge in [-0.1, -0.05) is 36.4 Å². The zero-order valence-corrected chi connectivity index (χ0v) is 11.7. The van der Waals surface area contributed by atoms with Gasteiger partial charge in [0, 0.05) is 23.8 Å². The van der Waals surface area contributed by atoms with Gasteiger partial charge >= 0.3 is 0 Å². The van der Waals surface area contributed by atoms with E-state index < -0.39 is 0 Å². The van der Waals surface area contributed by atoms with Gasteiger partial charge in [0.15, 0.2) is 0 Å². The molecule has 0 fully saturated rings. The van der Waals surface area contributed by atoms with Crippen LogP contribution < -0.4 is 5.73 Å².